The van der Waals surface area contributed by atoms with E-state index in [9.17, 15) is 0 Å². The maximum Gasteiger partial charge on any atom is 0.208 e. The van der Waals surface area contributed by atoms with Gasteiger partial charge >= 0.3 is 0 Å². The van der Waals surface area contributed by atoms with Crippen LogP contribution in [0.4, 0.5) is 0 Å². The molecule has 1 aromatic heterocycles. The third-order valence-corrected chi connectivity index (χ3v) is 2.78. The van der Waals surface area contributed by atoms with Crippen molar-refractivity contribution in [2.75, 3.05) is 27.3 Å². The van der Waals surface area contributed by atoms with E-state index in [0.29, 0.717) is 19.1 Å². The largest absolute Gasteiger partial charge is 0.383 e. The van der Waals surface area contributed by atoms with E-state index in [1.165, 1.54) is 5.56 Å². The predicted molar refractivity (Wildman–Crippen MR) is 67.3 cm³/mol. The number of methoxy groups -OCH3 is 1. The quantitative estimate of drug-likeness (QED) is 0.262. The van der Waals surface area contributed by atoms with Gasteiger partial charge in [-0.05, 0) is 22.4 Å². The van der Waals surface area contributed by atoms with E-state index in [1.807, 2.05) is 11.9 Å². The lowest BCUT2D eigenvalue weighted by molar-refractivity contribution is 0.207. The van der Waals surface area contributed by atoms with E-state index in [4.69, 9.17) is 10.6 Å². The van der Waals surface area contributed by atoms with Crippen LogP contribution < -0.4 is 11.3 Å². The van der Waals surface area contributed by atoms with Crippen molar-refractivity contribution < 1.29 is 4.74 Å². The molecule has 16 heavy (non-hydrogen) atoms. The molecule has 90 valence electrons. The molecule has 5 nitrogen and oxygen atoms in total. The van der Waals surface area contributed by atoms with Gasteiger partial charge in [0.15, 0.2) is 0 Å². The highest BCUT2D eigenvalue weighted by Crippen LogP contribution is 2.08. The number of hydrazine groups is 1. The Morgan fingerprint density at radius 3 is 3.06 bits per heavy atom. The Kier molecular flexibility index (Phi) is 5.84. The van der Waals surface area contributed by atoms with E-state index >= 15 is 0 Å². The summed E-state index contributed by atoms with van der Waals surface area (Å²) in [5.74, 6) is 6.09. The molecule has 1 heterocycles. The molecule has 0 aromatic carbocycles. The fraction of sp³-hybridized carbons (Fsp3) is 0.500. The molecule has 0 fully saturated rings. The second-order valence-electron chi connectivity index (χ2n) is 3.33. The van der Waals surface area contributed by atoms with E-state index < -0.39 is 0 Å². The molecular weight excluding hydrogens is 224 g/mol. The molecule has 0 amide bonds. The molecule has 3 N–H and O–H groups in total. The summed E-state index contributed by atoms with van der Waals surface area (Å²) >= 11 is 1.68. The lowest BCUT2D eigenvalue weighted by atomic mass is 10.3. The summed E-state index contributed by atoms with van der Waals surface area (Å²) in [6.45, 7) is 1.99. The van der Waals surface area contributed by atoms with Gasteiger partial charge < -0.3 is 9.64 Å². The van der Waals surface area contributed by atoms with Crippen molar-refractivity contribution in [1.82, 2.24) is 10.3 Å². The van der Waals surface area contributed by atoms with Crippen LogP contribution in [-0.2, 0) is 11.3 Å². The minimum atomic E-state index is 0.595. The Labute approximate surface area is 99.9 Å². The Morgan fingerprint density at radius 2 is 2.50 bits per heavy atom. The first-order chi connectivity index (χ1) is 7.77. The van der Waals surface area contributed by atoms with Crippen molar-refractivity contribution >= 4 is 17.3 Å². The third-order valence-electron chi connectivity index (χ3n) is 2.05. The van der Waals surface area contributed by atoms with Crippen LogP contribution in [0.2, 0.25) is 0 Å². The number of thiophene rings is 1. The number of rotatable bonds is 5. The second-order valence-corrected chi connectivity index (χ2v) is 4.11. The van der Waals surface area contributed by atoms with Gasteiger partial charge in [-0.3, -0.25) is 5.43 Å². The Morgan fingerprint density at radius 1 is 1.69 bits per heavy atom. The molecular formula is C10H18N4OS. The highest BCUT2D eigenvalue weighted by Gasteiger charge is 2.05. The minimum Gasteiger partial charge on any atom is -0.383 e. The molecule has 0 spiro atoms. The summed E-state index contributed by atoms with van der Waals surface area (Å²) in [5, 5.41) is 4.17. The topological polar surface area (TPSA) is 62.9 Å². The molecule has 0 unspecified atom stereocenters. The number of guanidine groups is 1. The van der Waals surface area contributed by atoms with E-state index in [1.54, 1.807) is 18.4 Å². The Bertz CT molecular complexity index is 313. The standard InChI is InChI=1S/C10H18N4OS/c1-14(7-9-3-6-16-8-9)10(13-11)12-4-5-15-2/h3,6,8H,4-5,7,11H2,1-2H3,(H,12,13). The molecule has 0 saturated carbocycles. The van der Waals surface area contributed by atoms with Gasteiger partial charge in [0.2, 0.25) is 5.96 Å². The molecule has 0 bridgehead atoms. The first-order valence-corrected chi connectivity index (χ1v) is 5.94. The maximum absolute atomic E-state index is 5.42. The second kappa shape index (κ2) is 7.21. The van der Waals surface area contributed by atoms with Crippen molar-refractivity contribution in [3.05, 3.63) is 22.4 Å². The number of nitrogens with one attached hydrogen (secondary N) is 1. The number of ether oxygens (including phenoxy) is 1. The van der Waals surface area contributed by atoms with Crippen LogP contribution in [0.3, 0.4) is 0 Å². The molecule has 0 aliphatic heterocycles. The van der Waals surface area contributed by atoms with Gasteiger partial charge in [-0.1, -0.05) is 0 Å². The van der Waals surface area contributed by atoms with Gasteiger partial charge in [0, 0.05) is 20.7 Å². The zero-order chi connectivity index (χ0) is 11.8. The van der Waals surface area contributed by atoms with Crippen LogP contribution in [0.1, 0.15) is 5.56 Å². The normalized spacial score (nSPS) is 11.6. The number of aliphatic imine (C=N–C) groups is 1. The van der Waals surface area contributed by atoms with Gasteiger partial charge in [-0.15, -0.1) is 0 Å². The van der Waals surface area contributed by atoms with E-state index in [-0.39, 0.29) is 0 Å². The van der Waals surface area contributed by atoms with Crippen molar-refractivity contribution in [2.45, 2.75) is 6.54 Å². The van der Waals surface area contributed by atoms with Crippen LogP contribution in [0.15, 0.2) is 21.8 Å². The average molecular weight is 242 g/mol. The number of nitrogens with two attached hydrogens (primary N) is 1. The fourth-order valence-electron chi connectivity index (χ4n) is 1.25. The van der Waals surface area contributed by atoms with Gasteiger partial charge in [0.05, 0.1) is 13.2 Å². The van der Waals surface area contributed by atoms with Gasteiger partial charge in [-0.2, -0.15) is 11.3 Å². The molecule has 6 heteroatoms. The summed E-state index contributed by atoms with van der Waals surface area (Å²) in [4.78, 5) is 6.27. The molecule has 0 aliphatic carbocycles. The van der Waals surface area contributed by atoms with Gasteiger partial charge in [0.25, 0.3) is 0 Å². The van der Waals surface area contributed by atoms with Crippen LogP contribution in [0.25, 0.3) is 0 Å². The third kappa shape index (κ3) is 4.18. The Balaban J connectivity index is 2.48. The van der Waals surface area contributed by atoms with Gasteiger partial charge in [0.1, 0.15) is 0 Å². The summed E-state index contributed by atoms with van der Waals surface area (Å²) in [6, 6.07) is 2.09. The maximum atomic E-state index is 5.42. The monoisotopic (exact) mass is 242 g/mol. The van der Waals surface area contributed by atoms with Crippen LogP contribution in [-0.4, -0.2) is 38.2 Å². The van der Waals surface area contributed by atoms with E-state index in [2.05, 4.69) is 27.2 Å². The molecule has 1 rings (SSSR count). The van der Waals surface area contributed by atoms with Crippen LogP contribution >= 0.6 is 11.3 Å². The SMILES string of the molecule is COCCN=C(NN)N(C)Cc1ccsc1. The summed E-state index contributed by atoms with van der Waals surface area (Å²) in [6.07, 6.45) is 0. The highest BCUT2D eigenvalue weighted by molar-refractivity contribution is 7.07. The fourth-order valence-corrected chi connectivity index (χ4v) is 1.91. The molecule has 0 atom stereocenters. The van der Waals surface area contributed by atoms with Crippen LogP contribution in [0, 0.1) is 0 Å². The lowest BCUT2D eigenvalue weighted by Crippen LogP contribution is -2.42. The first kappa shape index (κ1) is 13.0. The van der Waals surface area contributed by atoms with Crippen molar-refractivity contribution in [2.24, 2.45) is 10.8 Å². The minimum absolute atomic E-state index is 0.595. The van der Waals surface area contributed by atoms with Crippen molar-refractivity contribution in [3.8, 4) is 0 Å². The van der Waals surface area contributed by atoms with Gasteiger partial charge in [-0.25, -0.2) is 10.8 Å². The smallest absolute Gasteiger partial charge is 0.208 e. The Hall–Kier alpha value is -1.11. The molecule has 0 aliphatic rings. The first-order valence-electron chi connectivity index (χ1n) is 5.00. The molecule has 0 saturated heterocycles. The number of hydrogen-bond donors (Lipinski definition) is 2. The highest BCUT2D eigenvalue weighted by atomic mass is 32.1. The zero-order valence-corrected chi connectivity index (χ0v) is 10.5. The predicted octanol–water partition coefficient (Wildman–Crippen LogP) is 0.646. The summed E-state index contributed by atoms with van der Waals surface area (Å²) in [5.41, 5.74) is 3.85. The molecule has 0 radical (unpaired) electrons. The summed E-state index contributed by atoms with van der Waals surface area (Å²) < 4.78 is 4.93. The lowest BCUT2D eigenvalue weighted by Gasteiger charge is -2.19. The van der Waals surface area contributed by atoms with Crippen molar-refractivity contribution in [3.63, 3.8) is 0 Å². The van der Waals surface area contributed by atoms with E-state index in [0.717, 1.165) is 6.54 Å². The van der Waals surface area contributed by atoms with Crippen LogP contribution in [0.5, 0.6) is 0 Å². The number of hydrogen-bond acceptors (Lipinski definition) is 4. The summed E-state index contributed by atoms with van der Waals surface area (Å²) in [7, 11) is 3.60. The zero-order valence-electron chi connectivity index (χ0n) is 9.64. The van der Waals surface area contributed by atoms with Crippen molar-refractivity contribution in [1.29, 1.82) is 0 Å². The average Bonchev–Trinajstić information content (AvgIpc) is 2.77. The number of nitrogens with zero attached hydrogens (tertiary/aromatic N) is 2. The molecule has 1 aromatic rings.